The standard InChI is InChI=1S/C22H26N4O3/c1-22(2,3)15-29-21(28)12-17-7-5-6-16(10-17)11-19-20(27)8-9-26(24-19)18-13-23-25(4)14-18/h5-10,13-14H,11-12,15H2,1-4H3. The Morgan fingerprint density at radius 3 is 2.62 bits per heavy atom. The van der Waals surface area contributed by atoms with Gasteiger partial charge in [0.25, 0.3) is 0 Å². The van der Waals surface area contributed by atoms with Crippen LogP contribution in [0.4, 0.5) is 0 Å². The van der Waals surface area contributed by atoms with E-state index < -0.39 is 0 Å². The van der Waals surface area contributed by atoms with E-state index in [1.807, 2.05) is 58.3 Å². The number of esters is 1. The zero-order valence-electron chi connectivity index (χ0n) is 17.3. The third-order valence-corrected chi connectivity index (χ3v) is 4.21. The van der Waals surface area contributed by atoms with Gasteiger partial charge in [-0.25, -0.2) is 4.68 Å². The Hall–Kier alpha value is -3.22. The molecule has 29 heavy (non-hydrogen) atoms. The number of aromatic nitrogens is 4. The zero-order chi connectivity index (χ0) is 21.0. The molecule has 0 aliphatic rings. The lowest BCUT2D eigenvalue weighted by molar-refractivity contribution is -0.145. The first-order chi connectivity index (χ1) is 13.7. The van der Waals surface area contributed by atoms with Crippen LogP contribution in [0.1, 0.15) is 37.6 Å². The lowest BCUT2D eigenvalue weighted by Crippen LogP contribution is -2.19. The molecule has 0 aliphatic heterocycles. The van der Waals surface area contributed by atoms with Crippen LogP contribution in [0.15, 0.2) is 53.7 Å². The molecule has 152 valence electrons. The predicted molar refractivity (Wildman–Crippen MR) is 110 cm³/mol. The minimum atomic E-state index is -0.256. The maximum Gasteiger partial charge on any atom is 0.310 e. The van der Waals surface area contributed by atoms with Crippen LogP contribution >= 0.6 is 0 Å². The van der Waals surface area contributed by atoms with E-state index in [0.717, 1.165) is 16.8 Å². The molecule has 0 saturated carbocycles. The van der Waals surface area contributed by atoms with Crippen molar-refractivity contribution >= 4 is 5.97 Å². The summed E-state index contributed by atoms with van der Waals surface area (Å²) in [6.45, 7) is 6.44. The quantitative estimate of drug-likeness (QED) is 0.601. The third kappa shape index (κ3) is 5.88. The molecule has 0 spiro atoms. The van der Waals surface area contributed by atoms with Gasteiger partial charge in [0.2, 0.25) is 5.43 Å². The van der Waals surface area contributed by atoms with E-state index in [9.17, 15) is 9.59 Å². The van der Waals surface area contributed by atoms with Crippen molar-refractivity contribution in [3.05, 3.63) is 76.0 Å². The Bertz CT molecular complexity index is 1060. The second kappa shape index (κ2) is 8.43. The average Bonchev–Trinajstić information content (AvgIpc) is 3.08. The Morgan fingerprint density at radius 1 is 1.17 bits per heavy atom. The van der Waals surface area contributed by atoms with Gasteiger partial charge in [0, 0.05) is 25.7 Å². The first kappa shape index (κ1) is 20.5. The lowest BCUT2D eigenvalue weighted by Gasteiger charge is -2.17. The van der Waals surface area contributed by atoms with Crippen LogP contribution in [0, 0.1) is 5.41 Å². The molecule has 0 aliphatic carbocycles. The van der Waals surface area contributed by atoms with Crippen LogP contribution in [0.3, 0.4) is 0 Å². The second-order valence-electron chi connectivity index (χ2n) is 8.34. The number of carbonyl (C=O) groups excluding carboxylic acids is 1. The fourth-order valence-corrected chi connectivity index (χ4v) is 2.80. The van der Waals surface area contributed by atoms with Gasteiger partial charge in [-0.05, 0) is 16.5 Å². The molecule has 0 bridgehead atoms. The first-order valence-electron chi connectivity index (χ1n) is 9.51. The summed E-state index contributed by atoms with van der Waals surface area (Å²) >= 11 is 0. The van der Waals surface area contributed by atoms with E-state index >= 15 is 0 Å². The minimum Gasteiger partial charge on any atom is -0.465 e. The van der Waals surface area contributed by atoms with Crippen LogP contribution < -0.4 is 5.43 Å². The monoisotopic (exact) mass is 394 g/mol. The normalized spacial score (nSPS) is 11.4. The summed E-state index contributed by atoms with van der Waals surface area (Å²) in [6.07, 6.45) is 5.72. The van der Waals surface area contributed by atoms with E-state index in [0.29, 0.717) is 18.7 Å². The minimum absolute atomic E-state index is 0.0648. The molecule has 3 aromatic rings. The van der Waals surface area contributed by atoms with Gasteiger partial charge < -0.3 is 4.74 Å². The number of benzene rings is 1. The SMILES string of the molecule is Cn1cc(-n2ccc(=O)c(Cc3cccc(CC(=O)OCC(C)(C)C)c3)n2)cn1. The van der Waals surface area contributed by atoms with Crippen LogP contribution in [-0.2, 0) is 29.4 Å². The summed E-state index contributed by atoms with van der Waals surface area (Å²) in [5, 5.41) is 8.59. The van der Waals surface area contributed by atoms with E-state index in [-0.39, 0.29) is 23.2 Å². The number of hydrogen-bond donors (Lipinski definition) is 0. The van der Waals surface area contributed by atoms with Crippen molar-refractivity contribution < 1.29 is 9.53 Å². The largest absolute Gasteiger partial charge is 0.465 e. The fourth-order valence-electron chi connectivity index (χ4n) is 2.80. The Balaban J connectivity index is 1.73. The molecule has 2 heterocycles. The molecule has 0 amide bonds. The summed E-state index contributed by atoms with van der Waals surface area (Å²) in [5.74, 6) is -0.256. The molecule has 0 N–H and O–H groups in total. The summed E-state index contributed by atoms with van der Waals surface area (Å²) in [7, 11) is 1.82. The smallest absolute Gasteiger partial charge is 0.310 e. The summed E-state index contributed by atoms with van der Waals surface area (Å²) in [5.41, 5.74) is 2.79. The number of ether oxygens (including phenoxy) is 1. The van der Waals surface area contributed by atoms with Crippen molar-refractivity contribution in [2.75, 3.05) is 6.61 Å². The van der Waals surface area contributed by atoms with Gasteiger partial charge in [-0.15, -0.1) is 0 Å². The summed E-state index contributed by atoms with van der Waals surface area (Å²) in [6, 6.07) is 9.11. The Labute approximate surface area is 169 Å². The molecule has 7 heteroatoms. The number of carbonyl (C=O) groups is 1. The molecule has 1 aromatic carbocycles. The molecule has 0 radical (unpaired) electrons. The Kier molecular flexibility index (Phi) is 5.96. The van der Waals surface area contributed by atoms with E-state index in [1.165, 1.54) is 6.07 Å². The highest BCUT2D eigenvalue weighted by Gasteiger charge is 2.14. The summed E-state index contributed by atoms with van der Waals surface area (Å²) in [4.78, 5) is 24.4. The molecule has 0 fully saturated rings. The third-order valence-electron chi connectivity index (χ3n) is 4.21. The lowest BCUT2D eigenvalue weighted by atomic mass is 9.99. The highest BCUT2D eigenvalue weighted by Crippen LogP contribution is 2.14. The Morgan fingerprint density at radius 2 is 1.93 bits per heavy atom. The van der Waals surface area contributed by atoms with Crippen LogP contribution in [0.2, 0.25) is 0 Å². The highest BCUT2D eigenvalue weighted by molar-refractivity contribution is 5.72. The summed E-state index contributed by atoms with van der Waals surface area (Å²) < 4.78 is 8.66. The van der Waals surface area contributed by atoms with E-state index in [1.54, 1.807) is 21.8 Å². The highest BCUT2D eigenvalue weighted by atomic mass is 16.5. The van der Waals surface area contributed by atoms with Gasteiger partial charge in [0.05, 0.1) is 25.4 Å². The van der Waals surface area contributed by atoms with Crippen LogP contribution in [0.5, 0.6) is 0 Å². The van der Waals surface area contributed by atoms with Crippen molar-refractivity contribution in [3.8, 4) is 5.69 Å². The van der Waals surface area contributed by atoms with Crippen molar-refractivity contribution in [3.63, 3.8) is 0 Å². The van der Waals surface area contributed by atoms with E-state index in [4.69, 9.17) is 4.74 Å². The van der Waals surface area contributed by atoms with Crippen molar-refractivity contribution in [2.24, 2.45) is 12.5 Å². The number of hydrogen-bond acceptors (Lipinski definition) is 5. The molecule has 7 nitrogen and oxygen atoms in total. The molecule has 0 atom stereocenters. The van der Waals surface area contributed by atoms with Gasteiger partial charge in [0.1, 0.15) is 11.4 Å². The zero-order valence-corrected chi connectivity index (χ0v) is 17.3. The number of rotatable bonds is 6. The average molecular weight is 394 g/mol. The van der Waals surface area contributed by atoms with Crippen molar-refractivity contribution in [1.29, 1.82) is 0 Å². The van der Waals surface area contributed by atoms with Gasteiger partial charge in [-0.1, -0.05) is 45.0 Å². The van der Waals surface area contributed by atoms with Crippen molar-refractivity contribution in [1.82, 2.24) is 19.6 Å². The van der Waals surface area contributed by atoms with Gasteiger partial charge >= 0.3 is 5.97 Å². The maximum atomic E-state index is 12.3. The molecule has 2 aromatic heterocycles. The molecular weight excluding hydrogens is 368 g/mol. The number of nitrogens with zero attached hydrogens (tertiary/aromatic N) is 4. The van der Waals surface area contributed by atoms with Crippen LogP contribution in [0.25, 0.3) is 5.69 Å². The first-order valence-corrected chi connectivity index (χ1v) is 9.51. The molecule has 0 unspecified atom stereocenters. The van der Waals surface area contributed by atoms with Gasteiger partial charge in [0.15, 0.2) is 0 Å². The van der Waals surface area contributed by atoms with Crippen LogP contribution in [-0.4, -0.2) is 32.1 Å². The second-order valence-corrected chi connectivity index (χ2v) is 8.34. The van der Waals surface area contributed by atoms with Crippen molar-refractivity contribution in [2.45, 2.75) is 33.6 Å². The van der Waals surface area contributed by atoms with E-state index in [2.05, 4.69) is 10.2 Å². The number of aryl methyl sites for hydroxylation is 1. The molecule has 3 rings (SSSR count). The maximum absolute atomic E-state index is 12.3. The van der Waals surface area contributed by atoms with Gasteiger partial charge in [-0.3, -0.25) is 14.3 Å². The molecule has 0 saturated heterocycles. The topological polar surface area (TPSA) is 79.0 Å². The fraction of sp³-hybridized carbons (Fsp3) is 0.364. The predicted octanol–water partition coefficient (Wildman–Crippen LogP) is 2.69. The molecular formula is C22H26N4O3. The van der Waals surface area contributed by atoms with Gasteiger partial charge in [-0.2, -0.15) is 10.2 Å².